The van der Waals surface area contributed by atoms with Gasteiger partial charge in [0.2, 0.25) is 12.7 Å². The summed E-state index contributed by atoms with van der Waals surface area (Å²) in [5, 5.41) is 4.34. The van der Waals surface area contributed by atoms with Crippen LogP contribution in [0.5, 0.6) is 11.5 Å². The summed E-state index contributed by atoms with van der Waals surface area (Å²) in [6, 6.07) is 14.5. The van der Waals surface area contributed by atoms with Gasteiger partial charge < -0.3 is 24.1 Å². The van der Waals surface area contributed by atoms with E-state index >= 15 is 0 Å². The van der Waals surface area contributed by atoms with Gasteiger partial charge in [-0.2, -0.15) is 0 Å². The Labute approximate surface area is 200 Å². The molecule has 2 aliphatic rings. The lowest BCUT2D eigenvalue weighted by atomic mass is 9.87. The highest BCUT2D eigenvalue weighted by molar-refractivity contribution is 5.86. The minimum atomic E-state index is -0.0774. The SMILES string of the molecule is CCn1cc([C@@H](CC(=O)NCCCN2CCOCC2)c2ccc3c(c2)OCO3)c2ccccc21. The zero-order valence-corrected chi connectivity index (χ0v) is 19.8. The number of hydrogen-bond donors (Lipinski definition) is 1. The summed E-state index contributed by atoms with van der Waals surface area (Å²) in [5.74, 6) is 1.49. The van der Waals surface area contributed by atoms with E-state index in [1.165, 1.54) is 16.5 Å². The lowest BCUT2D eigenvalue weighted by Gasteiger charge is -2.26. The van der Waals surface area contributed by atoms with Gasteiger partial charge in [-0.05, 0) is 49.2 Å². The van der Waals surface area contributed by atoms with Crippen molar-refractivity contribution in [2.45, 2.75) is 32.2 Å². The number of benzene rings is 2. The topological polar surface area (TPSA) is 65.0 Å². The van der Waals surface area contributed by atoms with Crippen LogP contribution in [0.1, 0.15) is 36.8 Å². The Morgan fingerprint density at radius 1 is 1.09 bits per heavy atom. The molecule has 0 unspecified atom stereocenters. The van der Waals surface area contributed by atoms with E-state index in [1.807, 2.05) is 12.1 Å². The quantitative estimate of drug-likeness (QED) is 0.490. The van der Waals surface area contributed by atoms with Gasteiger partial charge >= 0.3 is 0 Å². The number of para-hydroxylation sites is 1. The van der Waals surface area contributed by atoms with Gasteiger partial charge in [0.25, 0.3) is 0 Å². The normalized spacial score (nSPS) is 16.6. The maximum atomic E-state index is 13.1. The molecular formula is C27H33N3O4. The van der Waals surface area contributed by atoms with Crippen molar-refractivity contribution in [1.82, 2.24) is 14.8 Å². The highest BCUT2D eigenvalue weighted by Crippen LogP contribution is 2.40. The number of morpholine rings is 1. The summed E-state index contributed by atoms with van der Waals surface area (Å²) in [4.78, 5) is 15.5. The van der Waals surface area contributed by atoms with Gasteiger partial charge in [-0.25, -0.2) is 0 Å². The van der Waals surface area contributed by atoms with Crippen molar-refractivity contribution >= 4 is 16.8 Å². The van der Waals surface area contributed by atoms with Crippen molar-refractivity contribution in [3.63, 3.8) is 0 Å². The molecule has 7 nitrogen and oxygen atoms in total. The van der Waals surface area contributed by atoms with E-state index in [9.17, 15) is 4.79 Å². The minimum absolute atomic E-state index is 0.0676. The Bertz CT molecular complexity index is 1140. The lowest BCUT2D eigenvalue weighted by Crippen LogP contribution is -2.38. The van der Waals surface area contributed by atoms with Crippen molar-refractivity contribution in [2.75, 3.05) is 46.2 Å². The predicted octanol–water partition coefficient (Wildman–Crippen LogP) is 3.75. The third kappa shape index (κ3) is 4.91. The van der Waals surface area contributed by atoms with Crippen LogP contribution in [-0.4, -0.2) is 61.6 Å². The minimum Gasteiger partial charge on any atom is -0.454 e. The molecule has 34 heavy (non-hydrogen) atoms. The highest BCUT2D eigenvalue weighted by atomic mass is 16.7. The number of hydrogen-bond acceptors (Lipinski definition) is 5. The molecule has 1 fully saturated rings. The molecule has 3 aromatic rings. The third-order valence-corrected chi connectivity index (χ3v) is 6.80. The van der Waals surface area contributed by atoms with Crippen LogP contribution < -0.4 is 14.8 Å². The van der Waals surface area contributed by atoms with Crippen LogP contribution in [0.3, 0.4) is 0 Å². The van der Waals surface area contributed by atoms with Crippen LogP contribution in [0.25, 0.3) is 10.9 Å². The molecule has 5 rings (SSSR count). The maximum Gasteiger partial charge on any atom is 0.231 e. The molecule has 3 heterocycles. The van der Waals surface area contributed by atoms with E-state index < -0.39 is 0 Å². The van der Waals surface area contributed by atoms with Gasteiger partial charge in [0.1, 0.15) is 0 Å². The summed E-state index contributed by atoms with van der Waals surface area (Å²) < 4.78 is 18.8. The number of amides is 1. The average molecular weight is 464 g/mol. The molecule has 1 aromatic heterocycles. The first-order valence-electron chi connectivity index (χ1n) is 12.3. The first kappa shape index (κ1) is 22.7. The second-order valence-electron chi connectivity index (χ2n) is 8.91. The molecule has 2 aromatic carbocycles. The van der Waals surface area contributed by atoms with Crippen LogP contribution in [0.2, 0.25) is 0 Å². The molecule has 1 amide bonds. The predicted molar refractivity (Wildman–Crippen MR) is 132 cm³/mol. The van der Waals surface area contributed by atoms with Crippen LogP contribution in [0.4, 0.5) is 0 Å². The molecule has 0 radical (unpaired) electrons. The molecule has 0 bridgehead atoms. The van der Waals surface area contributed by atoms with Gasteiger partial charge in [0, 0.05) is 55.6 Å². The van der Waals surface area contributed by atoms with E-state index in [0.29, 0.717) is 13.0 Å². The summed E-state index contributed by atoms with van der Waals surface area (Å²) >= 11 is 0. The number of carbonyl (C=O) groups excluding carboxylic acids is 1. The molecule has 1 atom stereocenters. The van der Waals surface area contributed by atoms with E-state index in [0.717, 1.165) is 62.9 Å². The van der Waals surface area contributed by atoms with Crippen molar-refractivity contribution in [2.24, 2.45) is 0 Å². The van der Waals surface area contributed by atoms with Crippen molar-refractivity contribution < 1.29 is 19.0 Å². The van der Waals surface area contributed by atoms with Crippen LogP contribution in [0, 0.1) is 0 Å². The summed E-state index contributed by atoms with van der Waals surface area (Å²) in [6.45, 7) is 8.48. The second kappa shape index (κ2) is 10.5. The summed E-state index contributed by atoms with van der Waals surface area (Å²) in [7, 11) is 0. The standard InChI is InChI=1S/C27H33N3O4/c1-2-30-18-23(21-6-3-4-7-24(21)30)22(20-8-9-25-26(16-20)34-19-33-25)17-27(31)28-10-5-11-29-12-14-32-15-13-29/h3-4,6-9,16,18,22H,2,5,10-15,17,19H2,1H3,(H,28,31)/t22-/m0/s1. The van der Waals surface area contributed by atoms with Crippen molar-refractivity contribution in [1.29, 1.82) is 0 Å². The number of rotatable bonds is 9. The number of nitrogens with zero attached hydrogens (tertiary/aromatic N) is 2. The van der Waals surface area contributed by atoms with Gasteiger partial charge in [-0.15, -0.1) is 0 Å². The van der Waals surface area contributed by atoms with Crippen molar-refractivity contribution in [3.8, 4) is 11.5 Å². The number of carbonyl (C=O) groups is 1. The molecule has 0 spiro atoms. The van der Waals surface area contributed by atoms with Gasteiger partial charge in [0.05, 0.1) is 13.2 Å². The molecule has 1 N–H and O–H groups in total. The Kier molecular flexibility index (Phi) is 7.02. The molecule has 2 aliphatic heterocycles. The number of fused-ring (bicyclic) bond motifs is 2. The first-order valence-corrected chi connectivity index (χ1v) is 12.3. The van der Waals surface area contributed by atoms with E-state index in [2.05, 4.69) is 58.2 Å². The summed E-state index contributed by atoms with van der Waals surface area (Å²) in [5.41, 5.74) is 3.42. The fourth-order valence-corrected chi connectivity index (χ4v) is 4.96. The number of aryl methyl sites for hydroxylation is 1. The Morgan fingerprint density at radius 3 is 2.76 bits per heavy atom. The molecule has 0 saturated carbocycles. The Morgan fingerprint density at radius 2 is 1.91 bits per heavy atom. The van der Waals surface area contributed by atoms with E-state index in [-0.39, 0.29) is 18.6 Å². The number of ether oxygens (including phenoxy) is 3. The van der Waals surface area contributed by atoms with E-state index in [4.69, 9.17) is 14.2 Å². The number of aromatic nitrogens is 1. The maximum absolute atomic E-state index is 13.1. The van der Waals surface area contributed by atoms with Crippen LogP contribution in [0.15, 0.2) is 48.7 Å². The fourth-order valence-electron chi connectivity index (χ4n) is 4.96. The first-order chi connectivity index (χ1) is 16.7. The molecule has 1 saturated heterocycles. The lowest BCUT2D eigenvalue weighted by molar-refractivity contribution is -0.121. The second-order valence-corrected chi connectivity index (χ2v) is 8.91. The monoisotopic (exact) mass is 463 g/mol. The van der Waals surface area contributed by atoms with Crippen molar-refractivity contribution in [3.05, 3.63) is 59.8 Å². The third-order valence-electron chi connectivity index (χ3n) is 6.80. The zero-order valence-electron chi connectivity index (χ0n) is 19.8. The molecule has 7 heteroatoms. The molecule has 0 aliphatic carbocycles. The highest BCUT2D eigenvalue weighted by Gasteiger charge is 2.25. The van der Waals surface area contributed by atoms with Crippen LogP contribution >= 0.6 is 0 Å². The van der Waals surface area contributed by atoms with E-state index in [1.54, 1.807) is 0 Å². The zero-order chi connectivity index (χ0) is 23.3. The Hall–Kier alpha value is -3.03. The van der Waals surface area contributed by atoms with Gasteiger partial charge in [-0.3, -0.25) is 9.69 Å². The van der Waals surface area contributed by atoms with Crippen LogP contribution in [-0.2, 0) is 16.1 Å². The smallest absolute Gasteiger partial charge is 0.231 e. The average Bonchev–Trinajstić information content (AvgIpc) is 3.50. The summed E-state index contributed by atoms with van der Waals surface area (Å²) in [6.07, 6.45) is 3.52. The number of nitrogens with one attached hydrogen (secondary N) is 1. The van der Waals surface area contributed by atoms with Gasteiger partial charge in [-0.1, -0.05) is 24.3 Å². The fraction of sp³-hybridized carbons (Fsp3) is 0.444. The largest absolute Gasteiger partial charge is 0.454 e. The molecular weight excluding hydrogens is 430 g/mol. The van der Waals surface area contributed by atoms with Gasteiger partial charge in [0.15, 0.2) is 11.5 Å². The Balaban J connectivity index is 1.34. The molecule has 180 valence electrons.